The van der Waals surface area contributed by atoms with Crippen molar-refractivity contribution in [3.63, 3.8) is 0 Å². The summed E-state index contributed by atoms with van der Waals surface area (Å²) in [5, 5.41) is 2.23. The highest BCUT2D eigenvalue weighted by Gasteiger charge is 2.58. The maximum absolute atomic E-state index is 12.6. The highest BCUT2D eigenvalue weighted by atomic mass is 16.2. The van der Waals surface area contributed by atoms with Crippen LogP contribution in [-0.4, -0.2) is 35.7 Å². The van der Waals surface area contributed by atoms with E-state index in [4.69, 9.17) is 0 Å². The summed E-state index contributed by atoms with van der Waals surface area (Å²) in [5.41, 5.74) is 2.61. The molecule has 4 rings (SSSR count). The van der Waals surface area contributed by atoms with Crippen molar-refractivity contribution in [1.29, 1.82) is 0 Å². The Kier molecular flexibility index (Phi) is 2.64. The van der Waals surface area contributed by atoms with Crippen molar-refractivity contribution in [2.45, 2.75) is 18.8 Å². The van der Waals surface area contributed by atoms with Crippen LogP contribution in [0.3, 0.4) is 0 Å². The van der Waals surface area contributed by atoms with Gasteiger partial charge in [-0.1, -0.05) is 24.3 Å². The molecule has 0 radical (unpaired) electrons. The van der Waals surface area contributed by atoms with Gasteiger partial charge in [0.25, 0.3) is 0 Å². The molecule has 3 unspecified atom stereocenters. The zero-order chi connectivity index (χ0) is 14.6. The van der Waals surface area contributed by atoms with Crippen LogP contribution >= 0.6 is 0 Å². The normalized spacial score (nSPS) is 30.3. The summed E-state index contributed by atoms with van der Waals surface area (Å²) in [4.78, 5) is 36.9. The van der Waals surface area contributed by atoms with Gasteiger partial charge in [-0.25, -0.2) is 0 Å². The van der Waals surface area contributed by atoms with Gasteiger partial charge in [0, 0.05) is 5.92 Å². The molecular formula is C16H16N2O3. The van der Waals surface area contributed by atoms with Gasteiger partial charge in [-0.05, 0) is 35.8 Å². The topological polar surface area (TPSA) is 66.5 Å². The van der Waals surface area contributed by atoms with E-state index in [0.29, 0.717) is 5.92 Å². The van der Waals surface area contributed by atoms with Crippen molar-refractivity contribution in [1.82, 2.24) is 10.2 Å². The first kappa shape index (κ1) is 12.6. The minimum Gasteiger partial charge on any atom is -0.324 e. The number of fused-ring (bicyclic) bond motifs is 3. The Balaban J connectivity index is 1.55. The van der Waals surface area contributed by atoms with Gasteiger partial charge >= 0.3 is 0 Å². The summed E-state index contributed by atoms with van der Waals surface area (Å²) in [6.07, 6.45) is 2.03. The van der Waals surface area contributed by atoms with Crippen LogP contribution in [0, 0.1) is 11.8 Å². The van der Waals surface area contributed by atoms with Gasteiger partial charge in [-0.3, -0.25) is 19.7 Å². The van der Waals surface area contributed by atoms with E-state index in [-0.39, 0.29) is 42.6 Å². The number of piperazine rings is 1. The van der Waals surface area contributed by atoms with Crippen LogP contribution in [0.1, 0.15) is 23.5 Å². The summed E-state index contributed by atoms with van der Waals surface area (Å²) in [7, 11) is 0. The molecule has 3 atom stereocenters. The number of imide groups is 1. The Bertz CT molecular complexity index is 639. The molecule has 0 spiro atoms. The van der Waals surface area contributed by atoms with Gasteiger partial charge < -0.3 is 4.90 Å². The first-order chi connectivity index (χ1) is 10.1. The van der Waals surface area contributed by atoms with Crippen molar-refractivity contribution in [3.05, 3.63) is 35.4 Å². The van der Waals surface area contributed by atoms with Gasteiger partial charge in [-0.2, -0.15) is 0 Å². The van der Waals surface area contributed by atoms with Crippen molar-refractivity contribution >= 4 is 17.7 Å². The lowest BCUT2D eigenvalue weighted by atomic mass is 9.92. The zero-order valence-corrected chi connectivity index (χ0v) is 11.5. The summed E-state index contributed by atoms with van der Waals surface area (Å²) in [5.74, 6) is -0.195. The molecule has 5 heteroatoms. The number of nitrogens with one attached hydrogen (secondary N) is 1. The number of carbonyl (C=O) groups excluding carboxylic acids is 3. The minimum absolute atomic E-state index is 0.00214. The second-order valence-electron chi connectivity index (χ2n) is 6.12. The highest BCUT2D eigenvalue weighted by molar-refractivity contribution is 6.03. The molecule has 1 aromatic rings. The molecule has 21 heavy (non-hydrogen) atoms. The van der Waals surface area contributed by atoms with Crippen LogP contribution in [0.2, 0.25) is 0 Å². The molecule has 5 nitrogen and oxygen atoms in total. The third kappa shape index (κ3) is 1.95. The number of hydrogen-bond donors (Lipinski definition) is 1. The van der Waals surface area contributed by atoms with E-state index in [9.17, 15) is 14.4 Å². The molecule has 1 heterocycles. The van der Waals surface area contributed by atoms with Crippen molar-refractivity contribution < 1.29 is 14.4 Å². The van der Waals surface area contributed by atoms with Crippen LogP contribution in [0.5, 0.6) is 0 Å². The number of hydrogen-bond acceptors (Lipinski definition) is 3. The fourth-order valence-corrected chi connectivity index (χ4v) is 3.91. The van der Waals surface area contributed by atoms with E-state index in [1.807, 2.05) is 12.1 Å². The van der Waals surface area contributed by atoms with E-state index in [2.05, 4.69) is 17.4 Å². The minimum atomic E-state index is -0.386. The smallest absolute Gasteiger partial charge is 0.246 e. The molecule has 0 aromatic heterocycles. The second-order valence-corrected chi connectivity index (χ2v) is 6.12. The van der Waals surface area contributed by atoms with Crippen LogP contribution in [0.25, 0.3) is 0 Å². The summed E-state index contributed by atoms with van der Waals surface area (Å²) < 4.78 is 0. The molecule has 1 saturated heterocycles. The zero-order valence-electron chi connectivity index (χ0n) is 11.5. The van der Waals surface area contributed by atoms with E-state index >= 15 is 0 Å². The van der Waals surface area contributed by atoms with E-state index in [1.54, 1.807) is 0 Å². The van der Waals surface area contributed by atoms with E-state index in [0.717, 1.165) is 12.8 Å². The Hall–Kier alpha value is -2.17. The maximum Gasteiger partial charge on any atom is 0.246 e. The Morgan fingerprint density at radius 2 is 1.86 bits per heavy atom. The van der Waals surface area contributed by atoms with Crippen LogP contribution in [-0.2, 0) is 20.8 Å². The second kappa shape index (κ2) is 4.41. The third-order valence-corrected chi connectivity index (χ3v) is 4.87. The first-order valence-corrected chi connectivity index (χ1v) is 7.34. The molecule has 1 N–H and O–H groups in total. The third-order valence-electron chi connectivity index (χ3n) is 4.87. The average Bonchev–Trinajstić information content (AvgIpc) is 3.20. The molecule has 3 amide bonds. The number of rotatable bonds is 1. The van der Waals surface area contributed by atoms with Gasteiger partial charge in [0.2, 0.25) is 17.7 Å². The standard InChI is InChI=1S/C16H16N2O3/c19-12-7-18(8-13(20)17-12)16(21)15-11-6-5-9-3-1-2-4-10(9)14(11)15/h1-4,11,14-15H,5-8H2,(H,17,19,20). The Labute approximate surface area is 122 Å². The SMILES string of the molecule is O=C1CN(C(=O)C2C3CCc4ccccc4C32)CC(=O)N1. The molecular weight excluding hydrogens is 268 g/mol. The first-order valence-electron chi connectivity index (χ1n) is 7.34. The molecule has 108 valence electrons. The lowest BCUT2D eigenvalue weighted by Crippen LogP contribution is -2.53. The molecule has 1 aromatic carbocycles. The monoisotopic (exact) mass is 284 g/mol. The van der Waals surface area contributed by atoms with Crippen LogP contribution in [0.15, 0.2) is 24.3 Å². The quantitative estimate of drug-likeness (QED) is 0.761. The Morgan fingerprint density at radius 3 is 2.62 bits per heavy atom. The predicted molar refractivity (Wildman–Crippen MR) is 74.2 cm³/mol. The predicted octanol–water partition coefficient (Wildman–Crippen LogP) is 0.447. The summed E-state index contributed by atoms with van der Waals surface area (Å²) in [6.45, 7) is 0.00429. The maximum atomic E-state index is 12.6. The summed E-state index contributed by atoms with van der Waals surface area (Å²) in [6, 6.07) is 8.28. The molecule has 1 aliphatic heterocycles. The average molecular weight is 284 g/mol. The molecule has 2 aliphatic carbocycles. The van der Waals surface area contributed by atoms with E-state index < -0.39 is 0 Å². The van der Waals surface area contributed by atoms with Crippen molar-refractivity contribution in [2.75, 3.05) is 13.1 Å². The van der Waals surface area contributed by atoms with E-state index in [1.165, 1.54) is 16.0 Å². The number of amides is 3. The van der Waals surface area contributed by atoms with Crippen LogP contribution < -0.4 is 5.32 Å². The largest absolute Gasteiger partial charge is 0.324 e. The summed E-state index contributed by atoms with van der Waals surface area (Å²) >= 11 is 0. The molecule has 2 fully saturated rings. The number of carbonyl (C=O) groups is 3. The fraction of sp³-hybridized carbons (Fsp3) is 0.438. The fourth-order valence-electron chi connectivity index (χ4n) is 3.91. The highest BCUT2D eigenvalue weighted by Crippen LogP contribution is 2.60. The lowest BCUT2D eigenvalue weighted by Gasteiger charge is -2.25. The number of aryl methyl sites for hydroxylation is 1. The molecule has 1 saturated carbocycles. The van der Waals surface area contributed by atoms with Gasteiger partial charge in [0.05, 0.1) is 0 Å². The van der Waals surface area contributed by atoms with Crippen molar-refractivity contribution in [2.24, 2.45) is 11.8 Å². The van der Waals surface area contributed by atoms with Crippen LogP contribution in [0.4, 0.5) is 0 Å². The molecule has 3 aliphatic rings. The molecule has 0 bridgehead atoms. The number of benzene rings is 1. The number of nitrogens with zero attached hydrogens (tertiary/aromatic N) is 1. The van der Waals surface area contributed by atoms with Gasteiger partial charge in [-0.15, -0.1) is 0 Å². The van der Waals surface area contributed by atoms with Gasteiger partial charge in [0.15, 0.2) is 0 Å². The lowest BCUT2D eigenvalue weighted by molar-refractivity contribution is -0.146. The van der Waals surface area contributed by atoms with Crippen molar-refractivity contribution in [3.8, 4) is 0 Å². The van der Waals surface area contributed by atoms with Gasteiger partial charge in [0.1, 0.15) is 13.1 Å². The Morgan fingerprint density at radius 1 is 1.14 bits per heavy atom.